The monoisotopic (exact) mass is 388 g/mol. The molecular weight excluding hydrogens is 368 g/mol. The van der Waals surface area contributed by atoms with E-state index in [2.05, 4.69) is 5.32 Å². The number of fused-ring (bicyclic) bond motifs is 1. The lowest BCUT2D eigenvalue weighted by Crippen LogP contribution is -2.34. The summed E-state index contributed by atoms with van der Waals surface area (Å²) in [6.07, 6.45) is 2.62. The molecule has 3 rings (SSSR count). The molecule has 8 heteroatoms. The van der Waals surface area contributed by atoms with Crippen molar-refractivity contribution in [3.8, 4) is 0 Å². The van der Waals surface area contributed by atoms with Gasteiger partial charge in [-0.15, -0.1) is 0 Å². The number of nitrogens with one attached hydrogen (secondary N) is 1. The summed E-state index contributed by atoms with van der Waals surface area (Å²) in [5.41, 5.74) is 2.41. The number of anilines is 2. The Kier molecular flexibility index (Phi) is 5.18. The summed E-state index contributed by atoms with van der Waals surface area (Å²) in [5.74, 6) is -1.03. The zero-order chi connectivity index (χ0) is 19.6. The van der Waals surface area contributed by atoms with Gasteiger partial charge in [0.1, 0.15) is 0 Å². The molecule has 0 atom stereocenters. The van der Waals surface area contributed by atoms with Gasteiger partial charge in [-0.1, -0.05) is 12.1 Å². The molecule has 7 nitrogen and oxygen atoms in total. The molecule has 142 valence electrons. The molecular formula is C19H20N2O5S. The van der Waals surface area contributed by atoms with Gasteiger partial charge in [0.05, 0.1) is 30.2 Å². The highest BCUT2D eigenvalue weighted by Gasteiger charge is 2.24. The number of nitrogens with zero attached hydrogens (tertiary/aromatic N) is 1. The lowest BCUT2D eigenvalue weighted by atomic mass is 10.0. The summed E-state index contributed by atoms with van der Waals surface area (Å²) in [6, 6.07) is 11.5. The second kappa shape index (κ2) is 7.40. The van der Waals surface area contributed by atoms with Gasteiger partial charge in [0.15, 0.2) is 0 Å². The molecule has 27 heavy (non-hydrogen) atoms. The molecule has 0 aliphatic carbocycles. The van der Waals surface area contributed by atoms with Crippen LogP contribution in [0.1, 0.15) is 32.7 Å². The van der Waals surface area contributed by atoms with Crippen molar-refractivity contribution in [1.29, 1.82) is 0 Å². The summed E-state index contributed by atoms with van der Waals surface area (Å²) in [4.78, 5) is 24.5. The number of aryl methyl sites for hydroxylation is 1. The van der Waals surface area contributed by atoms with E-state index in [0.29, 0.717) is 24.3 Å². The molecule has 0 saturated heterocycles. The van der Waals surface area contributed by atoms with Crippen molar-refractivity contribution < 1.29 is 22.7 Å². The van der Waals surface area contributed by atoms with Gasteiger partial charge in [-0.3, -0.25) is 9.10 Å². The predicted octanol–water partition coefficient (Wildman–Crippen LogP) is 2.44. The van der Waals surface area contributed by atoms with E-state index < -0.39 is 21.9 Å². The number of rotatable bonds is 4. The SMILES string of the molecule is COC(=O)c1ccccc1C(=O)Nc1ccc2c(c1)CCCN2S(C)(=O)=O. The van der Waals surface area contributed by atoms with Crippen LogP contribution in [-0.2, 0) is 21.2 Å². The van der Waals surface area contributed by atoms with E-state index in [-0.39, 0.29) is 11.1 Å². The first-order valence-electron chi connectivity index (χ1n) is 8.40. The Morgan fingerprint density at radius 1 is 1.11 bits per heavy atom. The Morgan fingerprint density at radius 3 is 2.48 bits per heavy atom. The van der Waals surface area contributed by atoms with Gasteiger partial charge < -0.3 is 10.1 Å². The summed E-state index contributed by atoms with van der Waals surface area (Å²) < 4.78 is 30.0. The average molecular weight is 388 g/mol. The molecule has 0 spiro atoms. The molecule has 1 amide bonds. The van der Waals surface area contributed by atoms with Crippen LogP contribution >= 0.6 is 0 Å². The summed E-state index contributed by atoms with van der Waals surface area (Å²) >= 11 is 0. The van der Waals surface area contributed by atoms with Crippen LogP contribution in [0.4, 0.5) is 11.4 Å². The van der Waals surface area contributed by atoms with Crippen molar-refractivity contribution in [1.82, 2.24) is 0 Å². The van der Waals surface area contributed by atoms with Gasteiger partial charge in [0.2, 0.25) is 10.0 Å². The minimum atomic E-state index is -3.34. The van der Waals surface area contributed by atoms with E-state index >= 15 is 0 Å². The van der Waals surface area contributed by atoms with Gasteiger partial charge in [-0.2, -0.15) is 0 Å². The van der Waals surface area contributed by atoms with Crippen molar-refractivity contribution >= 4 is 33.3 Å². The van der Waals surface area contributed by atoms with Crippen LogP contribution in [0, 0.1) is 0 Å². The van der Waals surface area contributed by atoms with E-state index in [1.807, 2.05) is 0 Å². The largest absolute Gasteiger partial charge is 0.465 e. The Balaban J connectivity index is 1.88. The van der Waals surface area contributed by atoms with Gasteiger partial charge >= 0.3 is 5.97 Å². The molecule has 1 aliphatic heterocycles. The van der Waals surface area contributed by atoms with Crippen LogP contribution in [0.15, 0.2) is 42.5 Å². The van der Waals surface area contributed by atoms with Crippen molar-refractivity contribution in [3.63, 3.8) is 0 Å². The number of ether oxygens (including phenoxy) is 1. The number of sulfonamides is 1. The number of hydrogen-bond donors (Lipinski definition) is 1. The van der Waals surface area contributed by atoms with E-state index in [1.165, 1.54) is 23.7 Å². The minimum absolute atomic E-state index is 0.179. The Labute approximate surface area is 158 Å². The second-order valence-corrected chi connectivity index (χ2v) is 8.18. The number of carbonyl (C=O) groups excluding carboxylic acids is 2. The van der Waals surface area contributed by atoms with Crippen LogP contribution in [0.5, 0.6) is 0 Å². The van der Waals surface area contributed by atoms with Gasteiger partial charge in [-0.25, -0.2) is 13.2 Å². The van der Waals surface area contributed by atoms with E-state index in [4.69, 9.17) is 4.74 Å². The first kappa shape index (κ1) is 18.9. The third-order valence-electron chi connectivity index (χ3n) is 4.39. The molecule has 1 aliphatic rings. The fourth-order valence-corrected chi connectivity index (χ4v) is 4.15. The lowest BCUT2D eigenvalue weighted by Gasteiger charge is -2.29. The van der Waals surface area contributed by atoms with Crippen molar-refractivity contribution in [2.24, 2.45) is 0 Å². The Bertz CT molecular complexity index is 1000. The van der Waals surface area contributed by atoms with E-state index in [9.17, 15) is 18.0 Å². The fourth-order valence-electron chi connectivity index (χ4n) is 3.15. The smallest absolute Gasteiger partial charge is 0.338 e. The molecule has 0 saturated carbocycles. The number of esters is 1. The molecule has 0 aromatic heterocycles. The number of carbonyl (C=O) groups is 2. The topological polar surface area (TPSA) is 92.8 Å². The molecule has 0 unspecified atom stereocenters. The second-order valence-electron chi connectivity index (χ2n) is 6.27. The third-order valence-corrected chi connectivity index (χ3v) is 5.57. The summed E-state index contributed by atoms with van der Waals surface area (Å²) in [7, 11) is -2.08. The van der Waals surface area contributed by atoms with Gasteiger partial charge in [0, 0.05) is 12.2 Å². The van der Waals surface area contributed by atoms with Crippen LogP contribution in [0.25, 0.3) is 0 Å². The molecule has 0 fully saturated rings. The molecule has 2 aromatic carbocycles. The highest BCUT2D eigenvalue weighted by atomic mass is 32.2. The number of methoxy groups -OCH3 is 1. The average Bonchev–Trinajstić information content (AvgIpc) is 2.66. The highest BCUT2D eigenvalue weighted by molar-refractivity contribution is 7.92. The van der Waals surface area contributed by atoms with Crippen molar-refractivity contribution in [2.45, 2.75) is 12.8 Å². The van der Waals surface area contributed by atoms with Gasteiger partial charge in [0.25, 0.3) is 5.91 Å². The van der Waals surface area contributed by atoms with Crippen LogP contribution in [0.3, 0.4) is 0 Å². The maximum atomic E-state index is 12.6. The quantitative estimate of drug-likeness (QED) is 0.812. The van der Waals surface area contributed by atoms with Gasteiger partial charge in [-0.05, 0) is 48.7 Å². The van der Waals surface area contributed by atoms with Crippen LogP contribution in [0.2, 0.25) is 0 Å². The Hall–Kier alpha value is -2.87. The third kappa shape index (κ3) is 3.95. The predicted molar refractivity (Wildman–Crippen MR) is 103 cm³/mol. The van der Waals surface area contributed by atoms with E-state index in [1.54, 1.807) is 36.4 Å². The molecule has 0 radical (unpaired) electrons. The number of hydrogen-bond acceptors (Lipinski definition) is 5. The Morgan fingerprint density at radius 2 is 1.81 bits per heavy atom. The number of amides is 1. The van der Waals surface area contributed by atoms with E-state index in [0.717, 1.165) is 12.0 Å². The maximum Gasteiger partial charge on any atom is 0.338 e. The molecule has 1 heterocycles. The zero-order valence-corrected chi connectivity index (χ0v) is 15.9. The normalized spacial score (nSPS) is 13.6. The molecule has 2 aromatic rings. The maximum absolute atomic E-state index is 12.6. The van der Waals surface area contributed by atoms with Crippen LogP contribution < -0.4 is 9.62 Å². The van der Waals surface area contributed by atoms with Crippen molar-refractivity contribution in [2.75, 3.05) is 29.5 Å². The first-order valence-corrected chi connectivity index (χ1v) is 10.3. The van der Waals surface area contributed by atoms with Crippen molar-refractivity contribution in [3.05, 3.63) is 59.2 Å². The fraction of sp³-hybridized carbons (Fsp3) is 0.263. The summed E-state index contributed by atoms with van der Waals surface area (Å²) in [5, 5.41) is 2.77. The lowest BCUT2D eigenvalue weighted by molar-refractivity contribution is 0.0597. The standard InChI is InChI=1S/C19H20N2O5S/c1-26-19(23)16-8-4-3-7-15(16)18(22)20-14-9-10-17-13(12-14)6-5-11-21(17)27(2,24)25/h3-4,7-10,12H,5-6,11H2,1-2H3,(H,20,22). The molecule has 0 bridgehead atoms. The zero-order valence-electron chi connectivity index (χ0n) is 15.1. The minimum Gasteiger partial charge on any atom is -0.465 e. The summed E-state index contributed by atoms with van der Waals surface area (Å²) in [6.45, 7) is 0.448. The van der Waals surface area contributed by atoms with Crippen LogP contribution in [-0.4, -0.2) is 40.2 Å². The highest BCUT2D eigenvalue weighted by Crippen LogP contribution is 2.31. The first-order chi connectivity index (χ1) is 12.8. The molecule has 1 N–H and O–H groups in total. The number of benzene rings is 2.